The Morgan fingerprint density at radius 1 is 1.09 bits per heavy atom. The van der Waals surface area contributed by atoms with Crippen LogP contribution >= 0.6 is 0 Å². The summed E-state index contributed by atoms with van der Waals surface area (Å²) < 4.78 is 5.59. The quantitative estimate of drug-likeness (QED) is 0.643. The lowest BCUT2D eigenvalue weighted by molar-refractivity contribution is -0.115. The van der Waals surface area contributed by atoms with Crippen LogP contribution in [0.1, 0.15) is 13.3 Å². The van der Waals surface area contributed by atoms with E-state index in [1.807, 2.05) is 61.5 Å². The summed E-state index contributed by atoms with van der Waals surface area (Å²) in [5.74, 6) is 1.41. The van der Waals surface area contributed by atoms with E-state index in [9.17, 15) is 9.59 Å². The molecule has 1 aliphatic rings. The first-order chi connectivity index (χ1) is 11.2. The first-order valence-corrected chi connectivity index (χ1v) is 7.59. The average Bonchev–Trinajstić information content (AvgIpc) is 2.92. The third-order valence-electron chi connectivity index (χ3n) is 3.88. The fourth-order valence-corrected chi connectivity index (χ4v) is 2.77. The van der Waals surface area contributed by atoms with E-state index in [1.165, 1.54) is 4.90 Å². The van der Waals surface area contributed by atoms with Crippen molar-refractivity contribution < 1.29 is 14.3 Å². The van der Waals surface area contributed by atoms with E-state index >= 15 is 0 Å². The predicted octanol–water partition coefficient (Wildman–Crippen LogP) is 3.21. The van der Waals surface area contributed by atoms with E-state index in [0.29, 0.717) is 6.61 Å². The molecule has 4 heteroatoms. The molecule has 1 atom stereocenters. The second-order valence-corrected chi connectivity index (χ2v) is 5.28. The van der Waals surface area contributed by atoms with Gasteiger partial charge in [-0.3, -0.25) is 9.69 Å². The molecular formula is C19H17NO3. The molecule has 0 aromatic heterocycles. The smallest absolute Gasteiger partial charge is 0.267 e. The highest BCUT2D eigenvalue weighted by molar-refractivity contribution is 6.13. The monoisotopic (exact) mass is 307 g/mol. The Labute approximate surface area is 135 Å². The molecule has 0 saturated carbocycles. The molecule has 1 aliphatic heterocycles. The zero-order valence-electron chi connectivity index (χ0n) is 12.9. The summed E-state index contributed by atoms with van der Waals surface area (Å²) >= 11 is 0. The van der Waals surface area contributed by atoms with Gasteiger partial charge in [-0.05, 0) is 30.2 Å². The van der Waals surface area contributed by atoms with Gasteiger partial charge < -0.3 is 4.74 Å². The standard InChI is InChI=1S/C19H17NO3/c1-2-23-18-12-16(13-21)19(22)20(18)17-10-8-15(9-11-17)14-6-4-3-5-7-14/h3-11,18H,2,12H2,1H3. The highest BCUT2D eigenvalue weighted by Crippen LogP contribution is 2.31. The molecule has 2 aromatic carbocycles. The first-order valence-electron chi connectivity index (χ1n) is 7.59. The molecule has 0 spiro atoms. The summed E-state index contributed by atoms with van der Waals surface area (Å²) in [6.45, 7) is 2.34. The Bertz CT molecular complexity index is 746. The van der Waals surface area contributed by atoms with Crippen LogP contribution in [-0.4, -0.2) is 24.7 Å². The number of nitrogens with zero attached hydrogens (tertiary/aromatic N) is 1. The number of carbonyl (C=O) groups is 1. The van der Waals surface area contributed by atoms with Crippen LogP contribution in [0.25, 0.3) is 11.1 Å². The fourth-order valence-electron chi connectivity index (χ4n) is 2.77. The molecule has 1 fully saturated rings. The molecule has 1 saturated heterocycles. The van der Waals surface area contributed by atoms with Crippen LogP contribution in [0.2, 0.25) is 0 Å². The van der Waals surface area contributed by atoms with Gasteiger partial charge in [0.25, 0.3) is 5.91 Å². The van der Waals surface area contributed by atoms with Crippen molar-refractivity contribution in [2.24, 2.45) is 0 Å². The van der Waals surface area contributed by atoms with Crippen LogP contribution in [0.4, 0.5) is 5.69 Å². The number of amides is 1. The van der Waals surface area contributed by atoms with Gasteiger partial charge in [-0.25, -0.2) is 4.79 Å². The highest BCUT2D eigenvalue weighted by atomic mass is 16.5. The van der Waals surface area contributed by atoms with Crippen molar-refractivity contribution in [2.45, 2.75) is 19.6 Å². The lowest BCUT2D eigenvalue weighted by Crippen LogP contribution is -2.35. The normalized spacial score (nSPS) is 17.4. The summed E-state index contributed by atoms with van der Waals surface area (Å²) in [5.41, 5.74) is 3.04. The number of hydrogen-bond donors (Lipinski definition) is 0. The third kappa shape index (κ3) is 2.95. The maximum atomic E-state index is 12.3. The number of rotatable bonds is 4. The van der Waals surface area contributed by atoms with E-state index in [0.717, 1.165) is 16.8 Å². The largest absolute Gasteiger partial charge is 0.358 e. The van der Waals surface area contributed by atoms with Crippen LogP contribution in [-0.2, 0) is 14.3 Å². The summed E-state index contributed by atoms with van der Waals surface area (Å²) in [5, 5.41) is 0. The number of hydrogen-bond acceptors (Lipinski definition) is 3. The van der Waals surface area contributed by atoms with Crippen LogP contribution in [0.3, 0.4) is 0 Å². The lowest BCUT2D eigenvalue weighted by Gasteiger charge is -2.24. The molecule has 1 heterocycles. The number of anilines is 1. The molecule has 3 rings (SSSR count). The zero-order chi connectivity index (χ0) is 16.2. The van der Waals surface area contributed by atoms with Crippen LogP contribution < -0.4 is 4.90 Å². The Hall–Kier alpha value is -2.68. The minimum absolute atomic E-state index is 0.135. The second kappa shape index (κ2) is 6.61. The fraction of sp³-hybridized carbons (Fsp3) is 0.211. The van der Waals surface area contributed by atoms with Gasteiger partial charge in [0.1, 0.15) is 17.7 Å². The molecule has 116 valence electrons. The van der Waals surface area contributed by atoms with E-state index in [4.69, 9.17) is 4.74 Å². The summed E-state index contributed by atoms with van der Waals surface area (Å²) in [7, 11) is 0. The van der Waals surface area contributed by atoms with Crippen LogP contribution in [0, 0.1) is 0 Å². The van der Waals surface area contributed by atoms with Crippen LogP contribution in [0.5, 0.6) is 0 Å². The van der Waals surface area contributed by atoms with Crippen molar-refractivity contribution in [1.82, 2.24) is 0 Å². The number of ether oxygens (including phenoxy) is 1. The molecule has 0 N–H and O–H groups in total. The maximum Gasteiger partial charge on any atom is 0.267 e. The number of carbonyl (C=O) groups excluding carboxylic acids is 2. The van der Waals surface area contributed by atoms with Gasteiger partial charge in [0.05, 0.1) is 0 Å². The highest BCUT2D eigenvalue weighted by Gasteiger charge is 2.37. The zero-order valence-corrected chi connectivity index (χ0v) is 12.9. The predicted molar refractivity (Wildman–Crippen MR) is 88.6 cm³/mol. The van der Waals surface area contributed by atoms with E-state index in [2.05, 4.69) is 0 Å². The van der Waals surface area contributed by atoms with E-state index in [-0.39, 0.29) is 17.9 Å². The van der Waals surface area contributed by atoms with Gasteiger partial charge in [0.2, 0.25) is 0 Å². The van der Waals surface area contributed by atoms with Gasteiger partial charge >= 0.3 is 0 Å². The van der Waals surface area contributed by atoms with Crippen molar-refractivity contribution in [3.05, 3.63) is 60.2 Å². The molecule has 0 aliphatic carbocycles. The Balaban J connectivity index is 1.91. The molecule has 1 amide bonds. The van der Waals surface area contributed by atoms with Gasteiger partial charge in [-0.2, -0.15) is 0 Å². The Morgan fingerprint density at radius 2 is 1.74 bits per heavy atom. The topological polar surface area (TPSA) is 46.6 Å². The molecule has 23 heavy (non-hydrogen) atoms. The summed E-state index contributed by atoms with van der Waals surface area (Å²) in [6, 6.07) is 17.7. The van der Waals surface area contributed by atoms with Crippen LogP contribution in [0.15, 0.2) is 60.2 Å². The third-order valence-corrected chi connectivity index (χ3v) is 3.88. The minimum atomic E-state index is -0.438. The van der Waals surface area contributed by atoms with Crippen molar-refractivity contribution in [3.63, 3.8) is 0 Å². The molecule has 4 nitrogen and oxygen atoms in total. The van der Waals surface area contributed by atoms with Gasteiger partial charge in [0, 0.05) is 18.7 Å². The minimum Gasteiger partial charge on any atom is -0.358 e. The maximum absolute atomic E-state index is 12.3. The van der Waals surface area contributed by atoms with Gasteiger partial charge in [-0.15, -0.1) is 0 Å². The van der Waals surface area contributed by atoms with Crippen molar-refractivity contribution in [1.29, 1.82) is 0 Å². The number of benzene rings is 2. The SMILES string of the molecule is CCOC1CC(=C=O)C(=O)N1c1ccc(-c2ccccc2)cc1. The van der Waals surface area contributed by atoms with Gasteiger partial charge in [0.15, 0.2) is 0 Å². The van der Waals surface area contributed by atoms with Crippen molar-refractivity contribution >= 4 is 17.5 Å². The molecule has 0 radical (unpaired) electrons. The summed E-state index contributed by atoms with van der Waals surface area (Å²) in [4.78, 5) is 24.8. The van der Waals surface area contributed by atoms with E-state index < -0.39 is 6.23 Å². The molecule has 0 bridgehead atoms. The Morgan fingerprint density at radius 3 is 2.35 bits per heavy atom. The second-order valence-electron chi connectivity index (χ2n) is 5.28. The lowest BCUT2D eigenvalue weighted by atomic mass is 10.1. The molecule has 2 aromatic rings. The summed E-state index contributed by atoms with van der Waals surface area (Å²) in [6.07, 6.45) is -0.164. The first kappa shape index (κ1) is 15.2. The van der Waals surface area contributed by atoms with Gasteiger partial charge in [-0.1, -0.05) is 42.5 Å². The Kier molecular flexibility index (Phi) is 4.38. The molecular weight excluding hydrogens is 290 g/mol. The van der Waals surface area contributed by atoms with Crippen molar-refractivity contribution in [2.75, 3.05) is 11.5 Å². The molecule has 1 unspecified atom stereocenters. The van der Waals surface area contributed by atoms with E-state index in [1.54, 1.807) is 5.94 Å². The average molecular weight is 307 g/mol. The van der Waals surface area contributed by atoms with Crippen molar-refractivity contribution in [3.8, 4) is 11.1 Å².